The number of rotatable bonds is 9. The molecule has 0 atom stereocenters. The summed E-state index contributed by atoms with van der Waals surface area (Å²) < 4.78 is 44.9. The molecule has 0 aliphatic rings. The molecule has 0 saturated carbocycles. The lowest BCUT2D eigenvalue weighted by Gasteiger charge is -2.14. The van der Waals surface area contributed by atoms with E-state index in [1.807, 2.05) is 6.07 Å². The van der Waals surface area contributed by atoms with Crippen LogP contribution in [0, 0.1) is 11.3 Å². The number of nitrogens with zero attached hydrogens (tertiary/aromatic N) is 2. The first-order valence-electron chi connectivity index (χ1n) is 8.13. The van der Waals surface area contributed by atoms with Crippen LogP contribution in [0.5, 0.6) is 23.0 Å². The minimum atomic E-state index is -3.05. The summed E-state index contributed by atoms with van der Waals surface area (Å²) in [4.78, 5) is 11.8. The zero-order chi connectivity index (χ0) is 21.2. The number of hydrogen-bond donors (Lipinski definition) is 1. The van der Waals surface area contributed by atoms with Crippen molar-refractivity contribution in [3.63, 3.8) is 0 Å². The van der Waals surface area contributed by atoms with Gasteiger partial charge in [0, 0.05) is 5.56 Å². The zero-order valence-corrected chi connectivity index (χ0v) is 15.5. The fraction of sp³-hybridized carbons (Fsp3) is 0.211. The van der Waals surface area contributed by atoms with E-state index in [4.69, 9.17) is 19.5 Å². The van der Waals surface area contributed by atoms with Crippen molar-refractivity contribution in [1.29, 1.82) is 5.26 Å². The molecule has 0 spiro atoms. The maximum atomic E-state index is 12.6. The Kier molecular flexibility index (Phi) is 7.73. The van der Waals surface area contributed by atoms with Gasteiger partial charge in [0.1, 0.15) is 11.8 Å². The first kappa shape index (κ1) is 21.4. The number of carbonyl (C=O) groups excluding carboxylic acids is 1. The van der Waals surface area contributed by atoms with Gasteiger partial charge in [0.25, 0.3) is 5.91 Å². The molecule has 2 rings (SSSR count). The lowest BCUT2D eigenvalue weighted by Crippen LogP contribution is -2.24. The number of alkyl halides is 2. The normalized spacial score (nSPS) is 10.5. The van der Waals surface area contributed by atoms with Crippen LogP contribution >= 0.6 is 0 Å². The molecule has 0 aromatic heterocycles. The number of para-hydroxylation sites is 1. The van der Waals surface area contributed by atoms with Crippen LogP contribution in [0.2, 0.25) is 0 Å². The van der Waals surface area contributed by atoms with Crippen LogP contribution in [-0.4, -0.2) is 39.6 Å². The Hall–Kier alpha value is -3.87. The van der Waals surface area contributed by atoms with Crippen LogP contribution in [0.15, 0.2) is 41.5 Å². The van der Waals surface area contributed by atoms with Gasteiger partial charge in [-0.25, -0.2) is 5.43 Å². The van der Waals surface area contributed by atoms with Crippen LogP contribution in [0.1, 0.15) is 11.1 Å². The second-order valence-corrected chi connectivity index (χ2v) is 5.32. The van der Waals surface area contributed by atoms with Gasteiger partial charge in [-0.15, -0.1) is 0 Å². The monoisotopic (exact) mass is 405 g/mol. The summed E-state index contributed by atoms with van der Waals surface area (Å²) in [5.41, 5.74) is 2.95. The minimum absolute atomic E-state index is 0.00821. The molecule has 0 aliphatic heterocycles. The molecule has 1 amide bonds. The lowest BCUT2D eigenvalue weighted by molar-refractivity contribution is -0.123. The summed E-state index contributed by atoms with van der Waals surface area (Å²) in [7, 11) is 2.57. The quantitative estimate of drug-likeness (QED) is 0.508. The van der Waals surface area contributed by atoms with Crippen molar-refractivity contribution in [3.05, 3.63) is 47.5 Å². The van der Waals surface area contributed by atoms with Gasteiger partial charge < -0.3 is 18.9 Å². The number of ether oxygens (including phenoxy) is 4. The molecule has 0 unspecified atom stereocenters. The summed E-state index contributed by atoms with van der Waals surface area (Å²) >= 11 is 0. The van der Waals surface area contributed by atoms with Crippen LogP contribution in [0.25, 0.3) is 0 Å². The summed E-state index contributed by atoms with van der Waals surface area (Å²) in [6, 6.07) is 11.2. The molecule has 1 N–H and O–H groups in total. The molecule has 8 nitrogen and oxygen atoms in total. The van der Waals surface area contributed by atoms with Crippen molar-refractivity contribution in [2.75, 3.05) is 20.8 Å². The molecule has 2 aromatic rings. The van der Waals surface area contributed by atoms with E-state index < -0.39 is 12.5 Å². The molecule has 0 saturated heterocycles. The van der Waals surface area contributed by atoms with Gasteiger partial charge in [0.15, 0.2) is 18.1 Å². The molecule has 0 radical (unpaired) electrons. The van der Waals surface area contributed by atoms with Gasteiger partial charge in [-0.3, -0.25) is 4.79 Å². The van der Waals surface area contributed by atoms with Gasteiger partial charge in [0.05, 0.1) is 26.0 Å². The van der Waals surface area contributed by atoms with Gasteiger partial charge in [-0.1, -0.05) is 12.1 Å². The molecule has 0 heterocycles. The Morgan fingerprint density at radius 1 is 1.21 bits per heavy atom. The maximum absolute atomic E-state index is 12.6. The number of halogens is 2. The topological polar surface area (TPSA) is 102 Å². The number of amides is 1. The Balaban J connectivity index is 2.02. The van der Waals surface area contributed by atoms with Crippen molar-refractivity contribution in [2.45, 2.75) is 6.61 Å². The van der Waals surface area contributed by atoms with E-state index in [0.717, 1.165) is 0 Å². The van der Waals surface area contributed by atoms with Crippen LogP contribution in [-0.2, 0) is 4.79 Å². The highest BCUT2D eigenvalue weighted by atomic mass is 19.3. The van der Waals surface area contributed by atoms with Crippen LogP contribution < -0.4 is 24.4 Å². The standard InChI is InChI=1S/C19H17F2N3O5/c1-26-15-7-12(8-16(27-2)18(15)29-19(20)21)10-23-24-17(25)11-28-14-6-4-3-5-13(14)9-22/h3-8,10,19H,11H2,1-2H3,(H,24,25)/b23-10-. The smallest absolute Gasteiger partial charge is 0.387 e. The molecular weight excluding hydrogens is 388 g/mol. The number of nitriles is 1. The van der Waals surface area contributed by atoms with E-state index in [-0.39, 0.29) is 29.6 Å². The predicted molar refractivity (Wildman–Crippen MR) is 98.6 cm³/mol. The van der Waals surface area contributed by atoms with Gasteiger partial charge >= 0.3 is 6.61 Å². The van der Waals surface area contributed by atoms with E-state index in [1.165, 1.54) is 32.6 Å². The largest absolute Gasteiger partial charge is 0.493 e. The Morgan fingerprint density at radius 2 is 1.86 bits per heavy atom. The molecule has 152 valence electrons. The van der Waals surface area contributed by atoms with Crippen molar-refractivity contribution in [1.82, 2.24) is 5.43 Å². The van der Waals surface area contributed by atoms with Crippen molar-refractivity contribution in [2.24, 2.45) is 5.10 Å². The summed E-state index contributed by atoms with van der Waals surface area (Å²) in [5, 5.41) is 12.7. The van der Waals surface area contributed by atoms with Gasteiger partial charge in [-0.05, 0) is 24.3 Å². The third kappa shape index (κ3) is 6.07. The van der Waals surface area contributed by atoms with E-state index in [2.05, 4.69) is 15.3 Å². The molecule has 0 fully saturated rings. The van der Waals surface area contributed by atoms with E-state index in [1.54, 1.807) is 24.3 Å². The fourth-order valence-corrected chi connectivity index (χ4v) is 2.22. The maximum Gasteiger partial charge on any atom is 0.387 e. The number of nitrogens with one attached hydrogen (secondary N) is 1. The number of hydrazone groups is 1. The average Bonchev–Trinajstić information content (AvgIpc) is 2.72. The molecule has 10 heteroatoms. The third-order valence-electron chi connectivity index (χ3n) is 3.46. The highest BCUT2D eigenvalue weighted by Crippen LogP contribution is 2.39. The molecule has 2 aromatic carbocycles. The molecule has 29 heavy (non-hydrogen) atoms. The first-order valence-corrected chi connectivity index (χ1v) is 8.13. The summed E-state index contributed by atoms with van der Waals surface area (Å²) in [5.74, 6) is -0.526. The first-order chi connectivity index (χ1) is 14.0. The van der Waals surface area contributed by atoms with E-state index in [9.17, 15) is 13.6 Å². The predicted octanol–water partition coefficient (Wildman–Crippen LogP) is 2.71. The van der Waals surface area contributed by atoms with E-state index in [0.29, 0.717) is 11.1 Å². The zero-order valence-electron chi connectivity index (χ0n) is 15.5. The molecule has 0 aliphatic carbocycles. The number of carbonyl (C=O) groups is 1. The van der Waals surface area contributed by atoms with Crippen molar-refractivity contribution in [3.8, 4) is 29.1 Å². The second kappa shape index (κ2) is 10.5. The lowest BCUT2D eigenvalue weighted by atomic mass is 10.2. The minimum Gasteiger partial charge on any atom is -0.493 e. The van der Waals surface area contributed by atoms with E-state index >= 15 is 0 Å². The average molecular weight is 405 g/mol. The summed E-state index contributed by atoms with van der Waals surface area (Å²) in [6.07, 6.45) is 1.26. The Morgan fingerprint density at radius 3 is 2.45 bits per heavy atom. The highest BCUT2D eigenvalue weighted by molar-refractivity contribution is 5.84. The third-order valence-corrected chi connectivity index (χ3v) is 3.46. The van der Waals surface area contributed by atoms with Gasteiger partial charge in [-0.2, -0.15) is 19.1 Å². The number of benzene rings is 2. The van der Waals surface area contributed by atoms with Crippen LogP contribution in [0.4, 0.5) is 8.78 Å². The Bertz CT molecular complexity index is 903. The highest BCUT2D eigenvalue weighted by Gasteiger charge is 2.17. The summed E-state index contributed by atoms with van der Waals surface area (Å²) in [6.45, 7) is -3.41. The molecule has 0 bridgehead atoms. The van der Waals surface area contributed by atoms with Crippen molar-refractivity contribution < 1.29 is 32.5 Å². The second-order valence-electron chi connectivity index (χ2n) is 5.32. The number of methoxy groups -OCH3 is 2. The van der Waals surface area contributed by atoms with Crippen molar-refractivity contribution >= 4 is 12.1 Å². The van der Waals surface area contributed by atoms with Crippen LogP contribution in [0.3, 0.4) is 0 Å². The van der Waals surface area contributed by atoms with Gasteiger partial charge in [0.2, 0.25) is 5.75 Å². The molecular formula is C19H17F2N3O5. The number of hydrogen-bond acceptors (Lipinski definition) is 7. The Labute approximate surface area is 165 Å². The SMILES string of the molecule is COc1cc(/C=N\NC(=O)COc2ccccc2C#N)cc(OC)c1OC(F)F. The fourth-order valence-electron chi connectivity index (χ4n) is 2.22.